The van der Waals surface area contributed by atoms with Crippen LogP contribution in [0.4, 0.5) is 0 Å². The molecule has 80 valence electrons. The first-order chi connectivity index (χ1) is 6.64. The van der Waals surface area contributed by atoms with Gasteiger partial charge in [-0.3, -0.25) is 0 Å². The topological polar surface area (TPSA) is 40.7 Å². The van der Waals surface area contributed by atoms with Gasteiger partial charge in [-0.15, -0.1) is 0 Å². The van der Waals surface area contributed by atoms with Crippen LogP contribution in [0.2, 0.25) is 0 Å². The Bertz CT molecular complexity index is 239. The molecule has 1 rings (SSSR count). The summed E-state index contributed by atoms with van der Waals surface area (Å²) in [5.74, 6) is 1.08. The van der Waals surface area contributed by atoms with Crippen LogP contribution in [0.3, 0.4) is 0 Å². The van der Waals surface area contributed by atoms with Gasteiger partial charge in [-0.05, 0) is 33.2 Å². The van der Waals surface area contributed by atoms with E-state index in [1.54, 1.807) is 6.20 Å². The number of aryl methyl sites for hydroxylation is 1. The number of H-pyrrole nitrogens is 1. The van der Waals surface area contributed by atoms with Crippen molar-refractivity contribution < 1.29 is 0 Å². The van der Waals surface area contributed by atoms with E-state index in [9.17, 15) is 0 Å². The number of nitrogens with one attached hydrogen (secondary N) is 2. The van der Waals surface area contributed by atoms with Crippen LogP contribution < -0.4 is 5.32 Å². The number of nitrogens with zero attached hydrogens (tertiary/aromatic N) is 1. The molecule has 1 aromatic heterocycles. The summed E-state index contributed by atoms with van der Waals surface area (Å²) in [7, 11) is 0. The molecule has 0 unspecified atom stereocenters. The lowest BCUT2D eigenvalue weighted by atomic mass is 10.0. The molecule has 14 heavy (non-hydrogen) atoms. The second-order valence-corrected chi connectivity index (χ2v) is 4.30. The maximum absolute atomic E-state index is 4.19. The van der Waals surface area contributed by atoms with Crippen molar-refractivity contribution in [2.45, 2.75) is 45.6 Å². The number of hydrogen-bond acceptors (Lipinski definition) is 2. The minimum atomic E-state index is 0.267. The second kappa shape index (κ2) is 5.15. The Balaban J connectivity index is 2.11. The van der Waals surface area contributed by atoms with Gasteiger partial charge in [-0.25, -0.2) is 4.98 Å². The van der Waals surface area contributed by atoms with Crippen LogP contribution in [0, 0.1) is 0 Å². The van der Waals surface area contributed by atoms with Gasteiger partial charge in [-0.1, -0.05) is 6.92 Å². The quantitative estimate of drug-likeness (QED) is 0.683. The fourth-order valence-corrected chi connectivity index (χ4v) is 1.24. The molecule has 0 amide bonds. The molecule has 3 heteroatoms. The predicted octanol–water partition coefficient (Wildman–Crippen LogP) is 2.12. The maximum atomic E-state index is 4.19. The van der Waals surface area contributed by atoms with Crippen LogP contribution in [-0.4, -0.2) is 22.1 Å². The third-order valence-electron chi connectivity index (χ3n) is 2.63. The molecular formula is C11H21N3. The Hall–Kier alpha value is -0.830. The van der Waals surface area contributed by atoms with E-state index in [1.165, 1.54) is 0 Å². The first kappa shape index (κ1) is 11.2. The minimum Gasteiger partial charge on any atom is -0.349 e. The zero-order chi connectivity index (χ0) is 10.4. The predicted molar refractivity (Wildman–Crippen MR) is 59.3 cm³/mol. The van der Waals surface area contributed by atoms with E-state index in [-0.39, 0.29) is 5.54 Å². The molecule has 0 atom stereocenters. The van der Waals surface area contributed by atoms with Gasteiger partial charge in [0.15, 0.2) is 0 Å². The third-order valence-corrected chi connectivity index (χ3v) is 2.63. The molecule has 0 radical (unpaired) electrons. The van der Waals surface area contributed by atoms with Gasteiger partial charge in [0.05, 0.1) is 0 Å². The monoisotopic (exact) mass is 195 g/mol. The van der Waals surface area contributed by atoms with Crippen molar-refractivity contribution in [2.75, 3.05) is 6.54 Å². The zero-order valence-electron chi connectivity index (χ0n) is 9.43. The SMILES string of the molecule is CCC(C)(C)NCCCc1ncc[nH]1. The van der Waals surface area contributed by atoms with Gasteiger partial charge >= 0.3 is 0 Å². The molecule has 0 aliphatic carbocycles. The van der Waals surface area contributed by atoms with Crippen LogP contribution in [-0.2, 0) is 6.42 Å². The number of rotatable bonds is 6. The van der Waals surface area contributed by atoms with Gasteiger partial charge < -0.3 is 10.3 Å². The maximum Gasteiger partial charge on any atom is 0.106 e. The lowest BCUT2D eigenvalue weighted by Crippen LogP contribution is -2.39. The van der Waals surface area contributed by atoms with Crippen LogP contribution in [0.1, 0.15) is 39.4 Å². The molecule has 2 N–H and O–H groups in total. The molecular weight excluding hydrogens is 174 g/mol. The van der Waals surface area contributed by atoms with Gasteiger partial charge in [0, 0.05) is 24.4 Å². The molecule has 0 aromatic carbocycles. The fraction of sp³-hybridized carbons (Fsp3) is 0.727. The summed E-state index contributed by atoms with van der Waals surface area (Å²) in [4.78, 5) is 7.30. The molecule has 1 heterocycles. The Morgan fingerprint density at radius 1 is 1.50 bits per heavy atom. The molecule has 0 saturated heterocycles. The van der Waals surface area contributed by atoms with Crippen molar-refractivity contribution in [1.29, 1.82) is 0 Å². The Kier molecular flexibility index (Phi) is 4.14. The van der Waals surface area contributed by atoms with E-state index in [0.29, 0.717) is 0 Å². The zero-order valence-corrected chi connectivity index (χ0v) is 9.43. The Labute approximate surface area is 86.3 Å². The van der Waals surface area contributed by atoms with E-state index in [1.807, 2.05) is 6.20 Å². The molecule has 0 aliphatic rings. The second-order valence-electron chi connectivity index (χ2n) is 4.30. The average Bonchev–Trinajstić information content (AvgIpc) is 2.65. The lowest BCUT2D eigenvalue weighted by Gasteiger charge is -2.24. The summed E-state index contributed by atoms with van der Waals surface area (Å²) in [6.07, 6.45) is 7.00. The molecule has 3 nitrogen and oxygen atoms in total. The van der Waals surface area contributed by atoms with Crippen molar-refractivity contribution in [3.05, 3.63) is 18.2 Å². The highest BCUT2D eigenvalue weighted by Gasteiger charge is 2.12. The third kappa shape index (κ3) is 3.92. The number of aromatic amines is 1. The summed E-state index contributed by atoms with van der Waals surface area (Å²) in [5, 5.41) is 3.53. The van der Waals surface area contributed by atoms with Crippen molar-refractivity contribution in [3.63, 3.8) is 0 Å². The lowest BCUT2D eigenvalue weighted by molar-refractivity contribution is 0.374. The Morgan fingerprint density at radius 2 is 2.29 bits per heavy atom. The van der Waals surface area contributed by atoms with Crippen LogP contribution in [0.5, 0.6) is 0 Å². The highest BCUT2D eigenvalue weighted by molar-refractivity contribution is 4.87. The van der Waals surface area contributed by atoms with Crippen LogP contribution in [0.25, 0.3) is 0 Å². The molecule has 0 aliphatic heterocycles. The summed E-state index contributed by atoms with van der Waals surface area (Å²) in [6, 6.07) is 0. The van der Waals surface area contributed by atoms with E-state index in [0.717, 1.165) is 31.6 Å². The van der Waals surface area contributed by atoms with Crippen molar-refractivity contribution in [2.24, 2.45) is 0 Å². The van der Waals surface area contributed by atoms with Crippen molar-refractivity contribution in [3.8, 4) is 0 Å². The highest BCUT2D eigenvalue weighted by Crippen LogP contribution is 2.06. The summed E-state index contributed by atoms with van der Waals surface area (Å²) >= 11 is 0. The van der Waals surface area contributed by atoms with Crippen molar-refractivity contribution >= 4 is 0 Å². The normalized spacial score (nSPS) is 11.9. The summed E-state index contributed by atoms with van der Waals surface area (Å²) < 4.78 is 0. The fourth-order valence-electron chi connectivity index (χ4n) is 1.24. The summed E-state index contributed by atoms with van der Waals surface area (Å²) in [6.45, 7) is 7.74. The Morgan fingerprint density at radius 3 is 2.86 bits per heavy atom. The highest BCUT2D eigenvalue weighted by atomic mass is 14.9. The van der Waals surface area contributed by atoms with Crippen LogP contribution in [0.15, 0.2) is 12.4 Å². The van der Waals surface area contributed by atoms with Gasteiger partial charge in [0.25, 0.3) is 0 Å². The summed E-state index contributed by atoms with van der Waals surface area (Å²) in [5.41, 5.74) is 0.267. The van der Waals surface area contributed by atoms with Gasteiger partial charge in [-0.2, -0.15) is 0 Å². The van der Waals surface area contributed by atoms with Crippen LogP contribution >= 0.6 is 0 Å². The van der Waals surface area contributed by atoms with Crippen molar-refractivity contribution in [1.82, 2.24) is 15.3 Å². The standard InChI is InChI=1S/C11H21N3/c1-4-11(2,3)14-7-5-6-10-12-8-9-13-10/h8-9,14H,4-7H2,1-3H3,(H,12,13). The largest absolute Gasteiger partial charge is 0.349 e. The van der Waals surface area contributed by atoms with E-state index in [2.05, 4.69) is 36.1 Å². The minimum absolute atomic E-state index is 0.267. The van der Waals surface area contributed by atoms with E-state index >= 15 is 0 Å². The molecule has 0 fully saturated rings. The molecule has 0 spiro atoms. The first-order valence-electron chi connectivity index (χ1n) is 5.37. The van der Waals surface area contributed by atoms with Gasteiger partial charge in [0.2, 0.25) is 0 Å². The average molecular weight is 195 g/mol. The van der Waals surface area contributed by atoms with E-state index < -0.39 is 0 Å². The number of aromatic nitrogens is 2. The molecule has 0 saturated carbocycles. The number of hydrogen-bond donors (Lipinski definition) is 2. The molecule has 0 bridgehead atoms. The van der Waals surface area contributed by atoms with E-state index in [4.69, 9.17) is 0 Å². The molecule has 1 aromatic rings. The first-order valence-corrected chi connectivity index (χ1v) is 5.37. The number of imidazole rings is 1. The van der Waals surface area contributed by atoms with Gasteiger partial charge in [0.1, 0.15) is 5.82 Å². The smallest absolute Gasteiger partial charge is 0.106 e.